The Morgan fingerprint density at radius 3 is 2.20 bits per heavy atom. The Labute approximate surface area is 238 Å². The highest BCUT2D eigenvalue weighted by atomic mass is 35.5. The zero-order valence-electron chi connectivity index (χ0n) is 22.0. The minimum absolute atomic E-state index is 0.0665. The number of ether oxygens (including phenoxy) is 2. The third-order valence-electron chi connectivity index (χ3n) is 6.10. The van der Waals surface area contributed by atoms with Gasteiger partial charge in [0.1, 0.15) is 10.6 Å². The largest absolute Gasteiger partial charge is 0.495 e. The predicted octanol–water partition coefficient (Wildman–Crippen LogP) is 6.02. The van der Waals surface area contributed by atoms with Crippen molar-refractivity contribution in [3.63, 3.8) is 0 Å². The number of aryl methyl sites for hydroxylation is 1. The van der Waals surface area contributed by atoms with Gasteiger partial charge in [-0.1, -0.05) is 66.2 Å². The molecule has 8 nitrogen and oxygen atoms in total. The van der Waals surface area contributed by atoms with Crippen molar-refractivity contribution in [2.75, 3.05) is 23.8 Å². The standard InChI is InChI=1S/C30H27ClN2O6S/c1-20-14-17-26(38-3)25(18-20)32-29(34)28(21-10-6-4-7-11-21)39-30(35)22-15-16-24(31)27(19-22)40(36,37)33(2)23-12-8-5-9-13-23/h4-19,28H,1-3H3,(H,32,34)/t28-/m0/s1. The number of carbonyl (C=O) groups excluding carboxylic acids is 2. The fraction of sp³-hybridized carbons (Fsp3) is 0.133. The fourth-order valence-corrected chi connectivity index (χ4v) is 5.64. The van der Waals surface area contributed by atoms with Gasteiger partial charge in [-0.05, 0) is 55.0 Å². The Bertz CT molecular complexity index is 1630. The van der Waals surface area contributed by atoms with Gasteiger partial charge in [0, 0.05) is 12.6 Å². The Morgan fingerprint density at radius 2 is 1.55 bits per heavy atom. The maximum Gasteiger partial charge on any atom is 0.339 e. The first-order chi connectivity index (χ1) is 19.1. The zero-order chi connectivity index (χ0) is 28.9. The molecule has 0 radical (unpaired) electrons. The van der Waals surface area contributed by atoms with E-state index in [9.17, 15) is 18.0 Å². The third kappa shape index (κ3) is 6.27. The summed E-state index contributed by atoms with van der Waals surface area (Å²) in [6, 6.07) is 26.0. The van der Waals surface area contributed by atoms with E-state index in [1.165, 1.54) is 26.3 Å². The van der Waals surface area contributed by atoms with E-state index < -0.39 is 28.0 Å². The van der Waals surface area contributed by atoms with Crippen molar-refractivity contribution >= 4 is 44.9 Å². The maximum atomic E-state index is 13.4. The number of hydrogen-bond acceptors (Lipinski definition) is 6. The molecule has 0 bridgehead atoms. The average Bonchev–Trinajstić information content (AvgIpc) is 2.96. The lowest BCUT2D eigenvalue weighted by Crippen LogP contribution is -2.28. The summed E-state index contributed by atoms with van der Waals surface area (Å²) in [6.07, 6.45) is -1.35. The lowest BCUT2D eigenvalue weighted by Gasteiger charge is -2.21. The summed E-state index contributed by atoms with van der Waals surface area (Å²) in [7, 11) is -1.25. The van der Waals surface area contributed by atoms with Crippen LogP contribution in [-0.2, 0) is 19.6 Å². The quantitative estimate of drug-likeness (QED) is 0.244. The lowest BCUT2D eigenvalue weighted by molar-refractivity contribution is -0.125. The van der Waals surface area contributed by atoms with Crippen LogP contribution >= 0.6 is 11.6 Å². The number of sulfonamides is 1. The smallest absolute Gasteiger partial charge is 0.339 e. The molecule has 40 heavy (non-hydrogen) atoms. The van der Waals surface area contributed by atoms with Crippen molar-refractivity contribution in [2.24, 2.45) is 0 Å². The van der Waals surface area contributed by atoms with Crippen molar-refractivity contribution in [2.45, 2.75) is 17.9 Å². The second-order valence-corrected chi connectivity index (χ2v) is 11.2. The first kappa shape index (κ1) is 28.7. The number of anilines is 2. The van der Waals surface area contributed by atoms with E-state index >= 15 is 0 Å². The number of nitrogens with one attached hydrogen (secondary N) is 1. The molecule has 1 amide bonds. The molecule has 0 aliphatic heterocycles. The fourth-order valence-electron chi connectivity index (χ4n) is 3.95. The number of para-hydroxylation sites is 1. The van der Waals surface area contributed by atoms with Crippen LogP contribution < -0.4 is 14.4 Å². The monoisotopic (exact) mass is 578 g/mol. The van der Waals surface area contributed by atoms with Crippen LogP contribution in [0.15, 0.2) is 102 Å². The van der Waals surface area contributed by atoms with E-state index in [1.54, 1.807) is 72.8 Å². The van der Waals surface area contributed by atoms with Gasteiger partial charge in [0.25, 0.3) is 15.9 Å². The van der Waals surface area contributed by atoms with Crippen molar-refractivity contribution in [3.8, 4) is 5.75 Å². The SMILES string of the molecule is COc1ccc(C)cc1NC(=O)[C@@H](OC(=O)c1ccc(Cl)c(S(=O)(=O)N(C)c2ccccc2)c1)c1ccccc1. The second-order valence-electron chi connectivity index (χ2n) is 8.84. The predicted molar refractivity (Wildman–Crippen MR) is 154 cm³/mol. The molecule has 0 aromatic heterocycles. The Kier molecular flexibility index (Phi) is 8.77. The molecule has 0 saturated heterocycles. The maximum absolute atomic E-state index is 13.4. The molecule has 0 saturated carbocycles. The number of methoxy groups -OCH3 is 1. The summed E-state index contributed by atoms with van der Waals surface area (Å²) < 4.78 is 38.9. The van der Waals surface area contributed by atoms with Crippen LogP contribution in [0.4, 0.5) is 11.4 Å². The van der Waals surface area contributed by atoms with Crippen LogP contribution in [0.25, 0.3) is 0 Å². The van der Waals surface area contributed by atoms with Crippen molar-refractivity contribution < 1.29 is 27.5 Å². The molecule has 0 unspecified atom stereocenters. The molecule has 0 aliphatic rings. The number of nitrogens with zero attached hydrogens (tertiary/aromatic N) is 1. The topological polar surface area (TPSA) is 102 Å². The first-order valence-electron chi connectivity index (χ1n) is 12.2. The summed E-state index contributed by atoms with van der Waals surface area (Å²) in [5.74, 6) is -1.09. The Hall–Kier alpha value is -4.34. The molecule has 1 N–H and O–H groups in total. The molecule has 1 atom stereocenters. The van der Waals surface area contributed by atoms with Crippen LogP contribution in [0.5, 0.6) is 5.75 Å². The molecule has 0 fully saturated rings. The van der Waals surface area contributed by atoms with Gasteiger partial charge >= 0.3 is 5.97 Å². The lowest BCUT2D eigenvalue weighted by atomic mass is 10.1. The van der Waals surface area contributed by atoms with E-state index in [2.05, 4.69) is 5.32 Å². The summed E-state index contributed by atoms with van der Waals surface area (Å²) in [5, 5.41) is 2.70. The average molecular weight is 579 g/mol. The Balaban J connectivity index is 1.65. The van der Waals surface area contributed by atoms with Crippen LogP contribution in [0, 0.1) is 6.92 Å². The van der Waals surface area contributed by atoms with Crippen LogP contribution in [-0.4, -0.2) is 34.5 Å². The number of rotatable bonds is 9. The minimum Gasteiger partial charge on any atom is -0.495 e. The molecule has 0 heterocycles. The number of amides is 1. The first-order valence-corrected chi connectivity index (χ1v) is 14.0. The number of benzene rings is 4. The molecule has 0 spiro atoms. The number of carbonyl (C=O) groups is 2. The molecule has 206 valence electrons. The number of halogens is 1. The van der Waals surface area contributed by atoms with E-state index in [0.717, 1.165) is 15.9 Å². The normalized spacial score (nSPS) is 11.8. The summed E-state index contributed by atoms with van der Waals surface area (Å²) in [5.41, 5.74) is 2.05. The van der Waals surface area contributed by atoms with Gasteiger partial charge in [-0.2, -0.15) is 0 Å². The number of hydrogen-bond donors (Lipinski definition) is 1. The highest BCUT2D eigenvalue weighted by Gasteiger charge is 2.29. The van der Waals surface area contributed by atoms with Gasteiger partial charge in [-0.25, -0.2) is 13.2 Å². The van der Waals surface area contributed by atoms with E-state index in [1.807, 2.05) is 13.0 Å². The highest BCUT2D eigenvalue weighted by molar-refractivity contribution is 7.93. The molecule has 0 aliphatic carbocycles. The summed E-state index contributed by atoms with van der Waals surface area (Å²) in [6.45, 7) is 1.87. The van der Waals surface area contributed by atoms with Gasteiger partial charge in [0.05, 0.1) is 29.1 Å². The van der Waals surface area contributed by atoms with Gasteiger partial charge in [-0.3, -0.25) is 9.10 Å². The zero-order valence-corrected chi connectivity index (χ0v) is 23.6. The van der Waals surface area contributed by atoms with Crippen molar-refractivity contribution in [1.82, 2.24) is 0 Å². The van der Waals surface area contributed by atoms with Gasteiger partial charge in [0.2, 0.25) is 6.10 Å². The summed E-state index contributed by atoms with van der Waals surface area (Å²) >= 11 is 6.27. The van der Waals surface area contributed by atoms with Gasteiger partial charge < -0.3 is 14.8 Å². The molecular formula is C30H27ClN2O6S. The number of esters is 1. The Morgan fingerprint density at radius 1 is 0.900 bits per heavy atom. The molecule has 4 aromatic rings. The van der Waals surface area contributed by atoms with Crippen LogP contribution in [0.2, 0.25) is 5.02 Å². The van der Waals surface area contributed by atoms with Crippen molar-refractivity contribution in [3.05, 3.63) is 119 Å². The molecule has 4 aromatic carbocycles. The van der Waals surface area contributed by atoms with Crippen molar-refractivity contribution in [1.29, 1.82) is 0 Å². The van der Waals surface area contributed by atoms with Crippen LogP contribution in [0.3, 0.4) is 0 Å². The second kappa shape index (κ2) is 12.2. The molecular weight excluding hydrogens is 552 g/mol. The molecule has 4 rings (SSSR count). The minimum atomic E-state index is -4.13. The van der Waals surface area contributed by atoms with E-state index in [4.69, 9.17) is 21.1 Å². The highest BCUT2D eigenvalue weighted by Crippen LogP contribution is 2.31. The van der Waals surface area contributed by atoms with Crippen LogP contribution in [0.1, 0.15) is 27.6 Å². The van der Waals surface area contributed by atoms with Gasteiger partial charge in [-0.15, -0.1) is 0 Å². The third-order valence-corrected chi connectivity index (χ3v) is 8.37. The summed E-state index contributed by atoms with van der Waals surface area (Å²) in [4.78, 5) is 26.5. The van der Waals surface area contributed by atoms with E-state index in [-0.39, 0.29) is 15.5 Å². The molecule has 10 heteroatoms. The van der Waals surface area contributed by atoms with E-state index in [0.29, 0.717) is 22.7 Å². The van der Waals surface area contributed by atoms with Gasteiger partial charge in [0.15, 0.2) is 0 Å².